The van der Waals surface area contributed by atoms with E-state index in [0.29, 0.717) is 6.54 Å². The van der Waals surface area contributed by atoms with Gasteiger partial charge >= 0.3 is 0 Å². The van der Waals surface area contributed by atoms with Crippen LogP contribution in [-0.4, -0.2) is 43.6 Å². The van der Waals surface area contributed by atoms with Crippen molar-refractivity contribution in [3.05, 3.63) is 29.8 Å². The molecule has 1 aliphatic heterocycles. The van der Waals surface area contributed by atoms with Crippen LogP contribution in [0.2, 0.25) is 0 Å². The van der Waals surface area contributed by atoms with Crippen LogP contribution in [0.3, 0.4) is 0 Å². The van der Waals surface area contributed by atoms with Gasteiger partial charge in [-0.05, 0) is 38.9 Å². The number of carbonyl (C=O) groups excluding carboxylic acids is 1. The number of para-hydroxylation sites is 1. The van der Waals surface area contributed by atoms with Crippen molar-refractivity contribution in [1.29, 1.82) is 0 Å². The molecule has 0 bridgehead atoms. The maximum atomic E-state index is 11.8. The number of hydrogen-bond donors (Lipinski definition) is 2. The Kier molecular flexibility index (Phi) is 6.21. The molecule has 5 heteroatoms. The number of nitrogens with two attached hydrogens (primary N) is 1. The molecule has 1 aliphatic rings. The second-order valence-electron chi connectivity index (χ2n) is 5.89. The van der Waals surface area contributed by atoms with Crippen LogP contribution in [0.1, 0.15) is 37.8 Å². The number of ether oxygens (including phenoxy) is 1. The number of carbonyl (C=O) groups is 1. The van der Waals surface area contributed by atoms with E-state index in [4.69, 9.17) is 10.5 Å². The molecule has 1 amide bonds. The summed E-state index contributed by atoms with van der Waals surface area (Å²) in [6, 6.07) is 7.67. The van der Waals surface area contributed by atoms with E-state index in [1.54, 1.807) is 14.0 Å². The Morgan fingerprint density at radius 1 is 1.32 bits per heavy atom. The molecule has 0 aliphatic carbocycles. The number of methoxy groups -OCH3 is 1. The highest BCUT2D eigenvalue weighted by Gasteiger charge is 2.25. The highest BCUT2D eigenvalue weighted by Crippen LogP contribution is 2.30. The Morgan fingerprint density at radius 3 is 2.64 bits per heavy atom. The van der Waals surface area contributed by atoms with Gasteiger partial charge in [-0.2, -0.15) is 0 Å². The first kappa shape index (κ1) is 16.8. The molecule has 3 N–H and O–H groups in total. The smallest absolute Gasteiger partial charge is 0.236 e. The third-order valence-corrected chi connectivity index (χ3v) is 4.21. The first-order chi connectivity index (χ1) is 10.6. The van der Waals surface area contributed by atoms with E-state index in [0.717, 1.165) is 24.4 Å². The molecule has 1 aromatic carbocycles. The Hall–Kier alpha value is -1.59. The summed E-state index contributed by atoms with van der Waals surface area (Å²) in [6.07, 6.45) is 3.68. The second kappa shape index (κ2) is 8.15. The van der Waals surface area contributed by atoms with Gasteiger partial charge in [0.2, 0.25) is 5.91 Å². The van der Waals surface area contributed by atoms with E-state index in [9.17, 15) is 4.79 Å². The van der Waals surface area contributed by atoms with Crippen LogP contribution in [0.15, 0.2) is 24.3 Å². The van der Waals surface area contributed by atoms with Crippen LogP contribution >= 0.6 is 0 Å². The summed E-state index contributed by atoms with van der Waals surface area (Å²) in [6.45, 7) is 4.36. The van der Waals surface area contributed by atoms with Crippen LogP contribution in [-0.2, 0) is 4.79 Å². The van der Waals surface area contributed by atoms with Gasteiger partial charge in [-0.1, -0.05) is 24.6 Å². The molecule has 22 heavy (non-hydrogen) atoms. The van der Waals surface area contributed by atoms with Crippen LogP contribution in [0.4, 0.5) is 0 Å². The van der Waals surface area contributed by atoms with E-state index >= 15 is 0 Å². The lowest BCUT2D eigenvalue weighted by Gasteiger charge is -2.35. The molecule has 1 heterocycles. The molecule has 0 saturated carbocycles. The topological polar surface area (TPSA) is 67.6 Å². The monoisotopic (exact) mass is 305 g/mol. The highest BCUT2D eigenvalue weighted by atomic mass is 16.5. The molecule has 2 rings (SSSR count). The molecule has 122 valence electrons. The molecular weight excluding hydrogens is 278 g/mol. The third kappa shape index (κ3) is 4.21. The fourth-order valence-electron chi connectivity index (χ4n) is 2.97. The van der Waals surface area contributed by atoms with Gasteiger partial charge in [0.05, 0.1) is 19.2 Å². The predicted molar refractivity (Wildman–Crippen MR) is 87.8 cm³/mol. The van der Waals surface area contributed by atoms with Gasteiger partial charge in [-0.15, -0.1) is 0 Å². The van der Waals surface area contributed by atoms with Gasteiger partial charge in [-0.3, -0.25) is 9.69 Å². The fraction of sp³-hybridized carbons (Fsp3) is 0.588. The largest absolute Gasteiger partial charge is 0.496 e. The summed E-state index contributed by atoms with van der Waals surface area (Å²) in [4.78, 5) is 14.3. The first-order valence-corrected chi connectivity index (χ1v) is 8.03. The lowest BCUT2D eigenvalue weighted by Crippen LogP contribution is -2.44. The van der Waals surface area contributed by atoms with Gasteiger partial charge in [-0.25, -0.2) is 0 Å². The average molecular weight is 305 g/mol. The molecular formula is C17H27N3O2. The van der Waals surface area contributed by atoms with Crippen molar-refractivity contribution in [2.45, 2.75) is 38.3 Å². The van der Waals surface area contributed by atoms with Gasteiger partial charge in [0.1, 0.15) is 5.75 Å². The summed E-state index contributed by atoms with van der Waals surface area (Å²) in [7, 11) is 1.69. The van der Waals surface area contributed by atoms with Gasteiger partial charge in [0.25, 0.3) is 0 Å². The predicted octanol–water partition coefficient (Wildman–Crippen LogP) is 1.69. The maximum Gasteiger partial charge on any atom is 0.236 e. The number of hydrogen-bond acceptors (Lipinski definition) is 4. The zero-order valence-corrected chi connectivity index (χ0v) is 13.5. The number of nitrogens with one attached hydrogen (secondary N) is 1. The summed E-state index contributed by atoms with van der Waals surface area (Å²) in [5.41, 5.74) is 6.77. The molecule has 0 aromatic heterocycles. The Labute approximate surface area is 132 Å². The molecule has 2 atom stereocenters. The van der Waals surface area contributed by atoms with Crippen molar-refractivity contribution < 1.29 is 9.53 Å². The summed E-state index contributed by atoms with van der Waals surface area (Å²) in [5, 5.41) is 2.97. The number of piperidine rings is 1. The maximum absolute atomic E-state index is 11.8. The Bertz CT molecular complexity index is 485. The number of rotatable bonds is 6. The van der Waals surface area contributed by atoms with Crippen LogP contribution in [0.5, 0.6) is 5.75 Å². The fourth-order valence-corrected chi connectivity index (χ4v) is 2.97. The van der Waals surface area contributed by atoms with Crippen LogP contribution in [0.25, 0.3) is 0 Å². The van der Waals surface area contributed by atoms with Crippen molar-refractivity contribution in [2.75, 3.05) is 26.7 Å². The lowest BCUT2D eigenvalue weighted by atomic mass is 10.0. The van der Waals surface area contributed by atoms with E-state index in [-0.39, 0.29) is 11.9 Å². The van der Waals surface area contributed by atoms with E-state index in [2.05, 4.69) is 16.3 Å². The number of benzene rings is 1. The summed E-state index contributed by atoms with van der Waals surface area (Å²) >= 11 is 0. The van der Waals surface area contributed by atoms with E-state index < -0.39 is 6.04 Å². The minimum atomic E-state index is -0.486. The van der Waals surface area contributed by atoms with Crippen molar-refractivity contribution in [3.8, 4) is 5.75 Å². The Morgan fingerprint density at radius 2 is 2.00 bits per heavy atom. The molecule has 0 spiro atoms. The molecule has 1 unspecified atom stereocenters. The number of likely N-dealkylation sites (tertiary alicyclic amines) is 1. The van der Waals surface area contributed by atoms with Gasteiger partial charge in [0, 0.05) is 12.1 Å². The molecule has 0 radical (unpaired) electrons. The SMILES string of the molecule is COc1ccccc1C(CNC(=O)[C@@H](C)N)N1CCCCC1. The van der Waals surface area contributed by atoms with Gasteiger partial charge in [0.15, 0.2) is 0 Å². The minimum Gasteiger partial charge on any atom is -0.496 e. The van der Waals surface area contributed by atoms with E-state index in [1.807, 2.05) is 18.2 Å². The lowest BCUT2D eigenvalue weighted by molar-refractivity contribution is -0.122. The quantitative estimate of drug-likeness (QED) is 0.839. The first-order valence-electron chi connectivity index (χ1n) is 8.03. The molecule has 5 nitrogen and oxygen atoms in total. The third-order valence-electron chi connectivity index (χ3n) is 4.21. The van der Waals surface area contributed by atoms with Crippen LogP contribution in [0, 0.1) is 0 Å². The van der Waals surface area contributed by atoms with Gasteiger partial charge < -0.3 is 15.8 Å². The molecule has 1 aromatic rings. The minimum absolute atomic E-state index is 0.114. The van der Waals surface area contributed by atoms with Crippen molar-refractivity contribution in [1.82, 2.24) is 10.2 Å². The standard InChI is InChI=1S/C17H27N3O2/c1-13(18)17(21)19-12-15(20-10-6-3-7-11-20)14-8-4-5-9-16(14)22-2/h4-5,8-9,13,15H,3,6-7,10-12,18H2,1-2H3,(H,19,21)/t13-,15?/m1/s1. The van der Waals surface area contributed by atoms with Crippen molar-refractivity contribution >= 4 is 5.91 Å². The van der Waals surface area contributed by atoms with E-state index in [1.165, 1.54) is 19.3 Å². The number of nitrogens with zero attached hydrogens (tertiary/aromatic N) is 1. The second-order valence-corrected chi connectivity index (χ2v) is 5.89. The summed E-state index contributed by atoms with van der Waals surface area (Å²) < 4.78 is 5.51. The molecule has 1 saturated heterocycles. The average Bonchev–Trinajstić information content (AvgIpc) is 2.56. The zero-order valence-electron chi connectivity index (χ0n) is 13.5. The molecule has 1 fully saturated rings. The zero-order chi connectivity index (χ0) is 15.9. The Balaban J connectivity index is 2.18. The highest BCUT2D eigenvalue weighted by molar-refractivity contribution is 5.81. The van der Waals surface area contributed by atoms with Crippen molar-refractivity contribution in [3.63, 3.8) is 0 Å². The van der Waals surface area contributed by atoms with Crippen molar-refractivity contribution in [2.24, 2.45) is 5.73 Å². The number of amides is 1. The summed E-state index contributed by atoms with van der Waals surface area (Å²) in [5.74, 6) is 0.755. The van der Waals surface area contributed by atoms with Crippen LogP contribution < -0.4 is 15.8 Å². The normalized spacial score (nSPS) is 18.5.